The normalized spacial score (nSPS) is 10.5. The van der Waals surface area contributed by atoms with E-state index in [1.165, 1.54) is 24.8 Å². The van der Waals surface area contributed by atoms with E-state index in [1.807, 2.05) is 18.2 Å². The predicted molar refractivity (Wildman–Crippen MR) is 78.0 cm³/mol. The molecule has 0 aliphatic carbocycles. The van der Waals surface area contributed by atoms with E-state index in [2.05, 4.69) is 6.92 Å². The quantitative estimate of drug-likeness (QED) is 0.658. The highest BCUT2D eigenvalue weighted by atomic mass is 16.5. The molecule has 0 aliphatic rings. The summed E-state index contributed by atoms with van der Waals surface area (Å²) in [5, 5.41) is 8.87. The van der Waals surface area contributed by atoms with E-state index in [4.69, 9.17) is 14.6 Å². The minimum absolute atomic E-state index is 0.221. The van der Waals surface area contributed by atoms with E-state index in [-0.39, 0.29) is 6.61 Å². The molecule has 1 aromatic carbocycles. The maximum absolute atomic E-state index is 8.87. The van der Waals surface area contributed by atoms with Crippen molar-refractivity contribution in [2.45, 2.75) is 45.4 Å². The van der Waals surface area contributed by atoms with Gasteiger partial charge >= 0.3 is 0 Å². The Hall–Kier alpha value is -1.22. The lowest BCUT2D eigenvalue weighted by Crippen LogP contribution is -2.00. The van der Waals surface area contributed by atoms with Crippen molar-refractivity contribution < 1.29 is 14.6 Å². The van der Waals surface area contributed by atoms with E-state index in [0.29, 0.717) is 0 Å². The SMILES string of the molecule is CCCCCCOc1cc(CCCO)ccc1OC. The summed E-state index contributed by atoms with van der Waals surface area (Å²) in [6, 6.07) is 5.99. The van der Waals surface area contributed by atoms with Crippen LogP contribution in [-0.2, 0) is 6.42 Å². The number of rotatable bonds is 10. The molecule has 0 spiro atoms. The Morgan fingerprint density at radius 2 is 1.89 bits per heavy atom. The van der Waals surface area contributed by atoms with Gasteiger partial charge in [-0.15, -0.1) is 0 Å². The zero-order chi connectivity index (χ0) is 13.9. The second-order valence-electron chi connectivity index (χ2n) is 4.72. The molecule has 0 bridgehead atoms. The minimum Gasteiger partial charge on any atom is -0.493 e. The summed E-state index contributed by atoms with van der Waals surface area (Å²) in [5.74, 6) is 1.60. The summed E-state index contributed by atoms with van der Waals surface area (Å²) in [6.45, 7) is 3.16. The molecule has 3 heteroatoms. The zero-order valence-electron chi connectivity index (χ0n) is 12.2. The van der Waals surface area contributed by atoms with Crippen LogP contribution in [0, 0.1) is 0 Å². The first-order valence-electron chi connectivity index (χ1n) is 7.22. The number of aliphatic hydroxyl groups is 1. The van der Waals surface area contributed by atoms with Crippen molar-refractivity contribution in [3.63, 3.8) is 0 Å². The van der Waals surface area contributed by atoms with Gasteiger partial charge in [-0.1, -0.05) is 32.3 Å². The highest BCUT2D eigenvalue weighted by Gasteiger charge is 2.05. The highest BCUT2D eigenvalue weighted by molar-refractivity contribution is 5.43. The van der Waals surface area contributed by atoms with Crippen LogP contribution in [0.4, 0.5) is 0 Å². The Balaban J connectivity index is 2.52. The molecule has 108 valence electrons. The molecule has 0 aromatic heterocycles. The largest absolute Gasteiger partial charge is 0.493 e. The Morgan fingerprint density at radius 3 is 2.58 bits per heavy atom. The third-order valence-corrected chi connectivity index (χ3v) is 3.11. The summed E-state index contributed by atoms with van der Waals surface area (Å²) in [5.41, 5.74) is 1.18. The van der Waals surface area contributed by atoms with Crippen molar-refractivity contribution in [3.05, 3.63) is 23.8 Å². The smallest absolute Gasteiger partial charge is 0.161 e. The molecule has 0 aliphatic heterocycles. The molecule has 1 N–H and O–H groups in total. The first-order valence-corrected chi connectivity index (χ1v) is 7.22. The molecular formula is C16H26O3. The minimum atomic E-state index is 0.221. The van der Waals surface area contributed by atoms with E-state index >= 15 is 0 Å². The van der Waals surface area contributed by atoms with Gasteiger partial charge in [0.25, 0.3) is 0 Å². The van der Waals surface area contributed by atoms with Gasteiger partial charge in [0, 0.05) is 6.61 Å². The Labute approximate surface area is 116 Å². The Bertz CT molecular complexity index is 350. The second kappa shape index (κ2) is 9.68. The standard InChI is InChI=1S/C16H26O3/c1-3-4-5-6-12-19-16-13-14(8-7-11-17)9-10-15(16)18-2/h9-10,13,17H,3-8,11-12H2,1-2H3. The summed E-state index contributed by atoms with van der Waals surface area (Å²) in [6.07, 6.45) is 6.44. The molecule has 3 nitrogen and oxygen atoms in total. The maximum Gasteiger partial charge on any atom is 0.161 e. The lowest BCUT2D eigenvalue weighted by molar-refractivity contribution is 0.282. The van der Waals surface area contributed by atoms with Gasteiger partial charge in [0.2, 0.25) is 0 Å². The van der Waals surface area contributed by atoms with Crippen LogP contribution in [0.15, 0.2) is 18.2 Å². The summed E-state index contributed by atoms with van der Waals surface area (Å²) in [7, 11) is 1.66. The van der Waals surface area contributed by atoms with Gasteiger partial charge in [-0.2, -0.15) is 0 Å². The van der Waals surface area contributed by atoms with Crippen molar-refractivity contribution >= 4 is 0 Å². The molecule has 0 saturated carbocycles. The molecule has 0 atom stereocenters. The van der Waals surface area contributed by atoms with Crippen LogP contribution in [0.3, 0.4) is 0 Å². The van der Waals surface area contributed by atoms with Crippen LogP contribution in [0.25, 0.3) is 0 Å². The lowest BCUT2D eigenvalue weighted by atomic mass is 10.1. The van der Waals surface area contributed by atoms with Gasteiger partial charge in [0.05, 0.1) is 13.7 Å². The van der Waals surface area contributed by atoms with Crippen LogP contribution in [0.1, 0.15) is 44.6 Å². The molecule has 1 rings (SSSR count). The van der Waals surface area contributed by atoms with E-state index < -0.39 is 0 Å². The molecule has 0 saturated heterocycles. The predicted octanol–water partition coefficient (Wildman–Crippen LogP) is 3.58. The lowest BCUT2D eigenvalue weighted by Gasteiger charge is -2.12. The topological polar surface area (TPSA) is 38.7 Å². The highest BCUT2D eigenvalue weighted by Crippen LogP contribution is 2.28. The van der Waals surface area contributed by atoms with Crippen LogP contribution >= 0.6 is 0 Å². The fourth-order valence-electron chi connectivity index (χ4n) is 1.98. The number of benzene rings is 1. The van der Waals surface area contributed by atoms with Crippen LogP contribution in [0.2, 0.25) is 0 Å². The number of hydrogen-bond donors (Lipinski definition) is 1. The molecule has 1 aromatic rings. The summed E-state index contributed by atoms with van der Waals surface area (Å²) >= 11 is 0. The third-order valence-electron chi connectivity index (χ3n) is 3.11. The van der Waals surface area contributed by atoms with E-state index in [0.717, 1.165) is 37.4 Å². The van der Waals surface area contributed by atoms with Gasteiger partial charge in [-0.3, -0.25) is 0 Å². The number of methoxy groups -OCH3 is 1. The molecular weight excluding hydrogens is 240 g/mol. The average Bonchev–Trinajstić information content (AvgIpc) is 2.45. The fraction of sp³-hybridized carbons (Fsp3) is 0.625. The average molecular weight is 266 g/mol. The molecule has 0 heterocycles. The number of aliphatic hydroxyl groups excluding tert-OH is 1. The Kier molecular flexibility index (Phi) is 8.07. The molecule has 0 amide bonds. The number of hydrogen-bond acceptors (Lipinski definition) is 3. The van der Waals surface area contributed by atoms with Crippen molar-refractivity contribution in [2.24, 2.45) is 0 Å². The van der Waals surface area contributed by atoms with Crippen molar-refractivity contribution in [1.29, 1.82) is 0 Å². The molecule has 19 heavy (non-hydrogen) atoms. The zero-order valence-corrected chi connectivity index (χ0v) is 12.2. The molecule has 0 fully saturated rings. The Morgan fingerprint density at radius 1 is 1.05 bits per heavy atom. The number of aryl methyl sites for hydroxylation is 1. The number of ether oxygens (including phenoxy) is 2. The van der Waals surface area contributed by atoms with Crippen LogP contribution < -0.4 is 9.47 Å². The van der Waals surface area contributed by atoms with Gasteiger partial charge in [0.1, 0.15) is 0 Å². The second-order valence-corrected chi connectivity index (χ2v) is 4.72. The monoisotopic (exact) mass is 266 g/mol. The van der Waals surface area contributed by atoms with Crippen LogP contribution in [0.5, 0.6) is 11.5 Å². The summed E-state index contributed by atoms with van der Waals surface area (Å²) in [4.78, 5) is 0. The van der Waals surface area contributed by atoms with Gasteiger partial charge < -0.3 is 14.6 Å². The fourth-order valence-corrected chi connectivity index (χ4v) is 1.98. The summed E-state index contributed by atoms with van der Waals surface area (Å²) < 4.78 is 11.1. The maximum atomic E-state index is 8.87. The van der Waals surface area contributed by atoms with Crippen molar-refractivity contribution in [1.82, 2.24) is 0 Å². The first-order chi connectivity index (χ1) is 9.31. The molecule has 0 radical (unpaired) electrons. The first kappa shape index (κ1) is 15.8. The third kappa shape index (κ3) is 5.97. The van der Waals surface area contributed by atoms with Gasteiger partial charge in [-0.05, 0) is 37.0 Å². The van der Waals surface area contributed by atoms with Crippen molar-refractivity contribution in [2.75, 3.05) is 20.3 Å². The van der Waals surface area contributed by atoms with Crippen LogP contribution in [-0.4, -0.2) is 25.4 Å². The van der Waals surface area contributed by atoms with Crippen molar-refractivity contribution in [3.8, 4) is 11.5 Å². The van der Waals surface area contributed by atoms with Gasteiger partial charge in [-0.25, -0.2) is 0 Å². The van der Waals surface area contributed by atoms with E-state index in [9.17, 15) is 0 Å². The number of unbranched alkanes of at least 4 members (excludes halogenated alkanes) is 3. The van der Waals surface area contributed by atoms with E-state index in [1.54, 1.807) is 7.11 Å². The molecule has 0 unspecified atom stereocenters. The van der Waals surface area contributed by atoms with Gasteiger partial charge in [0.15, 0.2) is 11.5 Å².